The number of carbonyl (C=O) groups excluding carboxylic acids is 1. The van der Waals surface area contributed by atoms with Crippen LogP contribution in [0.15, 0.2) is 34.5 Å². The molecule has 5 heteroatoms. The van der Waals surface area contributed by atoms with E-state index in [0.29, 0.717) is 5.92 Å². The summed E-state index contributed by atoms with van der Waals surface area (Å²) in [6.07, 6.45) is 7.19. The molecule has 0 bridgehead atoms. The zero-order valence-corrected chi connectivity index (χ0v) is 14.6. The number of allylic oxidation sites excluding steroid dienone is 1. The Morgan fingerprint density at radius 1 is 1.29 bits per heavy atom. The summed E-state index contributed by atoms with van der Waals surface area (Å²) in [6, 6.07) is 5.77. The highest BCUT2D eigenvalue weighted by molar-refractivity contribution is 8.02. The molecule has 4 nitrogen and oxygen atoms in total. The van der Waals surface area contributed by atoms with Crippen LogP contribution in [0, 0.1) is 6.92 Å². The number of amides is 1. The molecular weight excluding hydrogens is 320 g/mol. The lowest BCUT2D eigenvalue weighted by Gasteiger charge is -2.26. The second-order valence-electron chi connectivity index (χ2n) is 6.33. The van der Waals surface area contributed by atoms with Gasteiger partial charge in [-0.05, 0) is 60.8 Å². The van der Waals surface area contributed by atoms with Crippen LogP contribution in [0.4, 0.5) is 0 Å². The average molecular weight is 342 g/mol. The molecule has 24 heavy (non-hydrogen) atoms. The summed E-state index contributed by atoms with van der Waals surface area (Å²) in [5, 5.41) is 3.04. The molecule has 0 saturated heterocycles. The Kier molecular flexibility index (Phi) is 5.09. The molecule has 0 atom stereocenters. The van der Waals surface area contributed by atoms with Crippen LogP contribution in [0.1, 0.15) is 53.1 Å². The van der Waals surface area contributed by atoms with Gasteiger partial charge in [-0.15, -0.1) is 11.8 Å². The minimum atomic E-state index is -0.689. The second-order valence-corrected chi connectivity index (χ2v) is 7.35. The highest BCUT2D eigenvalue weighted by atomic mass is 32.2. The van der Waals surface area contributed by atoms with Crippen molar-refractivity contribution in [1.82, 2.24) is 4.98 Å². The lowest BCUT2D eigenvalue weighted by Crippen LogP contribution is -2.23. The van der Waals surface area contributed by atoms with Crippen molar-refractivity contribution < 1.29 is 4.79 Å². The number of nitrogens with two attached hydrogens (primary N) is 1. The third-order valence-corrected chi connectivity index (χ3v) is 5.48. The monoisotopic (exact) mass is 342 g/mol. The van der Waals surface area contributed by atoms with Crippen molar-refractivity contribution in [2.24, 2.45) is 5.73 Å². The van der Waals surface area contributed by atoms with E-state index < -0.39 is 11.5 Å². The predicted octanol–water partition coefficient (Wildman–Crippen LogP) is 3.84. The molecule has 0 spiro atoms. The molecule has 1 amide bonds. The Labute approximate surface area is 145 Å². The molecule has 1 aromatic heterocycles. The van der Waals surface area contributed by atoms with Gasteiger partial charge in [-0.3, -0.25) is 9.59 Å². The SMILES string of the molecule is C1=CSCC1.Cc1cc(C2CCC2)cc2[nH]c(=O)c(C(N)=O)cc12. The summed E-state index contributed by atoms with van der Waals surface area (Å²) >= 11 is 1.89. The molecule has 1 saturated carbocycles. The van der Waals surface area contributed by atoms with Crippen LogP contribution in [-0.2, 0) is 0 Å². The quantitative estimate of drug-likeness (QED) is 0.870. The van der Waals surface area contributed by atoms with E-state index in [2.05, 4.69) is 22.5 Å². The fraction of sp³-hybridized carbons (Fsp3) is 0.368. The summed E-state index contributed by atoms with van der Waals surface area (Å²) in [5.41, 5.74) is 7.95. The van der Waals surface area contributed by atoms with E-state index in [-0.39, 0.29) is 5.56 Å². The lowest BCUT2D eigenvalue weighted by molar-refractivity contribution is 0.0999. The highest BCUT2D eigenvalue weighted by Gasteiger charge is 2.20. The van der Waals surface area contributed by atoms with Crippen molar-refractivity contribution in [3.8, 4) is 0 Å². The van der Waals surface area contributed by atoms with Gasteiger partial charge in [0.25, 0.3) is 11.5 Å². The molecule has 1 fully saturated rings. The number of carbonyl (C=O) groups is 1. The number of aromatic amines is 1. The van der Waals surface area contributed by atoms with E-state index in [1.54, 1.807) is 6.07 Å². The van der Waals surface area contributed by atoms with E-state index in [4.69, 9.17) is 5.73 Å². The van der Waals surface area contributed by atoms with Gasteiger partial charge in [0.05, 0.1) is 0 Å². The van der Waals surface area contributed by atoms with Gasteiger partial charge in [0.2, 0.25) is 0 Å². The highest BCUT2D eigenvalue weighted by Crippen LogP contribution is 2.37. The summed E-state index contributed by atoms with van der Waals surface area (Å²) in [6.45, 7) is 1.99. The first-order chi connectivity index (χ1) is 11.6. The molecule has 1 aliphatic carbocycles. The van der Waals surface area contributed by atoms with Gasteiger partial charge in [0, 0.05) is 16.7 Å². The first-order valence-electron chi connectivity index (χ1n) is 8.30. The van der Waals surface area contributed by atoms with E-state index in [1.807, 2.05) is 24.8 Å². The number of fused-ring (bicyclic) bond motifs is 1. The van der Waals surface area contributed by atoms with Gasteiger partial charge in [0.15, 0.2) is 0 Å². The second kappa shape index (κ2) is 7.26. The molecule has 4 rings (SSSR count). The maximum absolute atomic E-state index is 11.8. The number of H-pyrrole nitrogens is 1. The van der Waals surface area contributed by atoms with Crippen LogP contribution >= 0.6 is 11.8 Å². The zero-order chi connectivity index (χ0) is 17.1. The van der Waals surface area contributed by atoms with Crippen molar-refractivity contribution in [2.75, 3.05) is 5.75 Å². The molecule has 1 aromatic carbocycles. The van der Waals surface area contributed by atoms with Crippen LogP contribution in [0.5, 0.6) is 0 Å². The van der Waals surface area contributed by atoms with Gasteiger partial charge in [-0.1, -0.05) is 18.6 Å². The topological polar surface area (TPSA) is 75.9 Å². The van der Waals surface area contributed by atoms with E-state index in [0.717, 1.165) is 16.5 Å². The number of primary amides is 1. The Morgan fingerprint density at radius 2 is 2.08 bits per heavy atom. The summed E-state index contributed by atoms with van der Waals surface area (Å²) in [4.78, 5) is 25.8. The molecular formula is C19H22N2O2S. The van der Waals surface area contributed by atoms with Gasteiger partial charge < -0.3 is 10.7 Å². The standard InChI is InChI=1S/C15H16N2O2.C4H6S/c1-8-5-10(9-3-2-4-9)6-13-11(8)7-12(14(16)18)15(19)17-13;1-2-4-5-3-1/h5-7,9H,2-4H2,1H3,(H2,16,18)(H,17,19);1,3H,2,4H2. The fourth-order valence-corrected chi connectivity index (χ4v) is 3.70. The summed E-state index contributed by atoms with van der Waals surface area (Å²) in [5.74, 6) is 1.23. The van der Waals surface area contributed by atoms with Crippen LogP contribution in [-0.4, -0.2) is 16.6 Å². The van der Waals surface area contributed by atoms with E-state index >= 15 is 0 Å². The van der Waals surface area contributed by atoms with Crippen LogP contribution in [0.3, 0.4) is 0 Å². The number of thioether (sulfide) groups is 1. The Hall–Kier alpha value is -2.01. The number of rotatable bonds is 2. The number of pyridine rings is 1. The van der Waals surface area contributed by atoms with Crippen molar-refractivity contribution >= 4 is 28.6 Å². The molecule has 2 aromatic rings. The van der Waals surface area contributed by atoms with E-state index in [1.165, 1.54) is 37.0 Å². The first kappa shape index (κ1) is 16.8. The van der Waals surface area contributed by atoms with Crippen LogP contribution in [0.2, 0.25) is 0 Å². The van der Waals surface area contributed by atoms with Gasteiger partial charge in [-0.25, -0.2) is 0 Å². The Balaban J connectivity index is 0.000000290. The molecule has 2 heterocycles. The van der Waals surface area contributed by atoms with Gasteiger partial charge in [-0.2, -0.15) is 0 Å². The first-order valence-corrected chi connectivity index (χ1v) is 9.35. The van der Waals surface area contributed by atoms with Crippen LogP contribution in [0.25, 0.3) is 10.9 Å². The fourth-order valence-electron chi connectivity index (χ4n) is 3.02. The predicted molar refractivity (Wildman–Crippen MR) is 101 cm³/mol. The smallest absolute Gasteiger partial charge is 0.261 e. The Morgan fingerprint density at radius 3 is 2.58 bits per heavy atom. The summed E-state index contributed by atoms with van der Waals surface area (Å²) < 4.78 is 0. The van der Waals surface area contributed by atoms with Crippen molar-refractivity contribution in [3.63, 3.8) is 0 Å². The van der Waals surface area contributed by atoms with Gasteiger partial charge in [0.1, 0.15) is 5.56 Å². The average Bonchev–Trinajstić information content (AvgIpc) is 3.03. The van der Waals surface area contributed by atoms with Crippen molar-refractivity contribution in [3.05, 3.63) is 56.7 Å². The maximum Gasteiger partial charge on any atom is 0.261 e. The Bertz CT molecular complexity index is 844. The lowest BCUT2D eigenvalue weighted by atomic mass is 9.79. The van der Waals surface area contributed by atoms with Gasteiger partial charge >= 0.3 is 0 Å². The van der Waals surface area contributed by atoms with Crippen molar-refractivity contribution in [2.45, 2.75) is 38.5 Å². The third kappa shape index (κ3) is 3.56. The molecule has 2 aliphatic rings. The van der Waals surface area contributed by atoms with Crippen LogP contribution < -0.4 is 11.3 Å². The largest absolute Gasteiger partial charge is 0.365 e. The van der Waals surface area contributed by atoms with Crippen molar-refractivity contribution in [1.29, 1.82) is 0 Å². The van der Waals surface area contributed by atoms with E-state index in [9.17, 15) is 9.59 Å². The molecule has 126 valence electrons. The number of nitrogens with one attached hydrogen (secondary N) is 1. The normalized spacial score (nSPS) is 16.5. The molecule has 1 aliphatic heterocycles. The number of hydrogen-bond donors (Lipinski definition) is 2. The molecule has 0 radical (unpaired) electrons. The summed E-state index contributed by atoms with van der Waals surface area (Å²) in [7, 11) is 0. The minimum absolute atomic E-state index is 0.0204. The zero-order valence-electron chi connectivity index (χ0n) is 13.8. The molecule has 0 unspecified atom stereocenters. The number of aryl methyl sites for hydroxylation is 1. The minimum Gasteiger partial charge on any atom is -0.365 e. The maximum atomic E-state index is 11.8. The number of benzene rings is 1. The number of hydrogen-bond acceptors (Lipinski definition) is 3. The number of aromatic nitrogens is 1. The third-order valence-electron chi connectivity index (χ3n) is 4.63. The molecule has 3 N–H and O–H groups in total.